The zero-order chi connectivity index (χ0) is 17.5. The van der Waals surface area contributed by atoms with Gasteiger partial charge in [-0.2, -0.15) is 0 Å². The van der Waals surface area contributed by atoms with Crippen molar-refractivity contribution >= 4 is 17.2 Å². The van der Waals surface area contributed by atoms with Crippen LogP contribution in [0.15, 0.2) is 18.2 Å². The van der Waals surface area contributed by atoms with E-state index in [1.165, 1.54) is 6.07 Å². The molecule has 0 amide bonds. The molecule has 1 fully saturated rings. The van der Waals surface area contributed by atoms with Crippen LogP contribution in [0.2, 0.25) is 0 Å². The Morgan fingerprint density at radius 2 is 1.96 bits per heavy atom. The molecule has 1 heterocycles. The van der Waals surface area contributed by atoms with Gasteiger partial charge in [-0.3, -0.25) is 0 Å². The van der Waals surface area contributed by atoms with Gasteiger partial charge in [0.1, 0.15) is 5.75 Å². The van der Waals surface area contributed by atoms with Crippen molar-refractivity contribution in [2.24, 2.45) is 0 Å². The molecule has 134 valence electrons. The Hall–Kier alpha value is -1.27. The van der Waals surface area contributed by atoms with Crippen molar-refractivity contribution in [1.29, 1.82) is 0 Å². The third-order valence-corrected chi connectivity index (χ3v) is 4.92. The molecule has 0 aliphatic carbocycles. The minimum Gasteiger partial charge on any atom is -0.493 e. The van der Waals surface area contributed by atoms with Crippen LogP contribution in [0.25, 0.3) is 0 Å². The predicted octanol–water partition coefficient (Wildman–Crippen LogP) is 3.87. The first-order chi connectivity index (χ1) is 11.5. The maximum atomic E-state index is 13.1. The van der Waals surface area contributed by atoms with Gasteiger partial charge in [0, 0.05) is 32.2 Å². The van der Waals surface area contributed by atoms with Gasteiger partial charge >= 0.3 is 0 Å². The second-order valence-corrected chi connectivity index (χ2v) is 6.93. The molecule has 1 saturated heterocycles. The van der Waals surface area contributed by atoms with E-state index in [0.717, 1.165) is 62.4 Å². The Kier molecular flexibility index (Phi) is 7.37. The summed E-state index contributed by atoms with van der Waals surface area (Å²) in [6, 6.07) is 4.20. The van der Waals surface area contributed by atoms with Gasteiger partial charge in [0.05, 0.1) is 11.6 Å². The van der Waals surface area contributed by atoms with E-state index in [1.807, 2.05) is 6.92 Å². The SMILES string of the molecule is CC(=S)N(C)C1CCN(CCCCOc2ccc(F)c(F)c2)CC1. The largest absolute Gasteiger partial charge is 0.493 e. The quantitative estimate of drug-likeness (QED) is 0.544. The minimum absolute atomic E-state index is 0.383. The van der Waals surface area contributed by atoms with Crippen molar-refractivity contribution in [3.63, 3.8) is 0 Å². The van der Waals surface area contributed by atoms with Crippen molar-refractivity contribution in [3.8, 4) is 5.75 Å². The average molecular weight is 356 g/mol. The van der Waals surface area contributed by atoms with E-state index < -0.39 is 11.6 Å². The van der Waals surface area contributed by atoms with Gasteiger partial charge in [-0.05, 0) is 51.3 Å². The Morgan fingerprint density at radius 1 is 1.25 bits per heavy atom. The van der Waals surface area contributed by atoms with Crippen molar-refractivity contribution in [1.82, 2.24) is 9.80 Å². The zero-order valence-electron chi connectivity index (χ0n) is 14.4. The zero-order valence-corrected chi connectivity index (χ0v) is 15.2. The first-order valence-electron chi connectivity index (χ1n) is 8.51. The Bertz CT molecular complexity index is 548. The highest BCUT2D eigenvalue weighted by Crippen LogP contribution is 2.17. The predicted molar refractivity (Wildman–Crippen MR) is 96.6 cm³/mol. The number of piperidine rings is 1. The van der Waals surface area contributed by atoms with Crippen LogP contribution in [0.5, 0.6) is 5.75 Å². The summed E-state index contributed by atoms with van der Waals surface area (Å²) in [5, 5.41) is 0. The molecule has 1 aromatic carbocycles. The Morgan fingerprint density at radius 3 is 2.58 bits per heavy atom. The number of halogens is 2. The summed E-state index contributed by atoms with van der Waals surface area (Å²) in [7, 11) is 2.08. The fraction of sp³-hybridized carbons (Fsp3) is 0.611. The maximum absolute atomic E-state index is 13.1. The van der Waals surface area contributed by atoms with E-state index in [0.29, 0.717) is 18.4 Å². The molecular weight excluding hydrogens is 330 g/mol. The molecule has 0 bridgehead atoms. The molecule has 1 aliphatic heterocycles. The molecule has 0 aromatic heterocycles. The highest BCUT2D eigenvalue weighted by molar-refractivity contribution is 7.80. The molecule has 3 nitrogen and oxygen atoms in total. The summed E-state index contributed by atoms with van der Waals surface area (Å²) in [5.74, 6) is -1.33. The van der Waals surface area contributed by atoms with Crippen LogP contribution < -0.4 is 4.74 Å². The molecule has 1 aliphatic rings. The third-order valence-electron chi connectivity index (χ3n) is 4.63. The van der Waals surface area contributed by atoms with Gasteiger partial charge < -0.3 is 14.5 Å². The van der Waals surface area contributed by atoms with Gasteiger partial charge in [-0.25, -0.2) is 8.78 Å². The van der Waals surface area contributed by atoms with Crippen LogP contribution in [-0.4, -0.2) is 54.1 Å². The number of ether oxygens (including phenoxy) is 1. The standard InChI is InChI=1S/C18H26F2N2OS/c1-14(24)21(2)15-7-10-22(11-8-15)9-3-4-12-23-16-5-6-17(19)18(20)13-16/h5-6,13,15H,3-4,7-12H2,1-2H3. The van der Waals surface area contributed by atoms with E-state index in [-0.39, 0.29) is 0 Å². The van der Waals surface area contributed by atoms with Gasteiger partial charge in [-0.1, -0.05) is 12.2 Å². The molecule has 0 spiro atoms. The van der Waals surface area contributed by atoms with E-state index in [9.17, 15) is 8.78 Å². The Labute approximate surface area is 148 Å². The molecule has 24 heavy (non-hydrogen) atoms. The highest BCUT2D eigenvalue weighted by atomic mass is 32.1. The minimum atomic E-state index is -0.869. The second-order valence-electron chi connectivity index (χ2n) is 6.33. The van der Waals surface area contributed by atoms with Crippen molar-refractivity contribution in [2.45, 2.75) is 38.6 Å². The molecule has 6 heteroatoms. The van der Waals surface area contributed by atoms with Crippen LogP contribution in [0.3, 0.4) is 0 Å². The summed E-state index contributed by atoms with van der Waals surface area (Å²) >= 11 is 5.24. The van der Waals surface area contributed by atoms with Crippen LogP contribution in [0, 0.1) is 11.6 Å². The smallest absolute Gasteiger partial charge is 0.162 e. The van der Waals surface area contributed by atoms with Gasteiger partial charge in [0.15, 0.2) is 11.6 Å². The summed E-state index contributed by atoms with van der Waals surface area (Å²) in [4.78, 5) is 5.64. The molecular formula is C18H26F2N2OS. The van der Waals surface area contributed by atoms with E-state index in [2.05, 4.69) is 16.8 Å². The summed E-state index contributed by atoms with van der Waals surface area (Å²) in [5.41, 5.74) is 0. The summed E-state index contributed by atoms with van der Waals surface area (Å²) in [6.07, 6.45) is 4.24. The highest BCUT2D eigenvalue weighted by Gasteiger charge is 2.22. The van der Waals surface area contributed by atoms with E-state index in [4.69, 9.17) is 17.0 Å². The van der Waals surface area contributed by atoms with Gasteiger partial charge in [0.25, 0.3) is 0 Å². The van der Waals surface area contributed by atoms with E-state index in [1.54, 1.807) is 0 Å². The number of unbranched alkanes of at least 4 members (excludes halogenated alkanes) is 1. The number of likely N-dealkylation sites (tertiary alicyclic amines) is 1. The first kappa shape index (κ1) is 19.1. The normalized spacial score (nSPS) is 16.2. The van der Waals surface area contributed by atoms with Gasteiger partial charge in [0.2, 0.25) is 0 Å². The fourth-order valence-corrected chi connectivity index (χ4v) is 3.13. The lowest BCUT2D eigenvalue weighted by Gasteiger charge is -2.37. The Balaban J connectivity index is 1.58. The summed E-state index contributed by atoms with van der Waals surface area (Å²) in [6.45, 7) is 5.75. The van der Waals surface area contributed by atoms with Crippen molar-refractivity contribution < 1.29 is 13.5 Å². The summed E-state index contributed by atoms with van der Waals surface area (Å²) < 4.78 is 31.3. The lowest BCUT2D eigenvalue weighted by atomic mass is 10.0. The molecule has 2 rings (SSSR count). The van der Waals surface area contributed by atoms with Crippen LogP contribution in [0.1, 0.15) is 32.6 Å². The van der Waals surface area contributed by atoms with E-state index >= 15 is 0 Å². The number of hydrogen-bond acceptors (Lipinski definition) is 3. The molecule has 0 atom stereocenters. The molecule has 1 aromatic rings. The van der Waals surface area contributed by atoms with Crippen molar-refractivity contribution in [3.05, 3.63) is 29.8 Å². The van der Waals surface area contributed by atoms with Crippen LogP contribution >= 0.6 is 12.2 Å². The third kappa shape index (κ3) is 5.67. The van der Waals surface area contributed by atoms with Crippen molar-refractivity contribution in [2.75, 3.05) is 33.3 Å². The number of rotatable bonds is 7. The number of nitrogens with zero attached hydrogens (tertiary/aromatic N) is 2. The first-order valence-corrected chi connectivity index (χ1v) is 8.92. The fourth-order valence-electron chi connectivity index (χ4n) is 2.98. The lowest BCUT2D eigenvalue weighted by Crippen LogP contribution is -2.44. The molecule has 0 saturated carbocycles. The number of hydrogen-bond donors (Lipinski definition) is 0. The second kappa shape index (κ2) is 9.28. The maximum Gasteiger partial charge on any atom is 0.162 e. The average Bonchev–Trinajstić information content (AvgIpc) is 2.57. The molecule has 0 radical (unpaired) electrons. The topological polar surface area (TPSA) is 15.7 Å². The molecule has 0 unspecified atom stereocenters. The molecule has 0 N–H and O–H groups in total. The van der Waals surface area contributed by atoms with Crippen LogP contribution in [-0.2, 0) is 0 Å². The van der Waals surface area contributed by atoms with Gasteiger partial charge in [-0.15, -0.1) is 0 Å². The number of thiocarbonyl (C=S) groups is 1. The monoisotopic (exact) mass is 356 g/mol. The van der Waals surface area contributed by atoms with Crippen LogP contribution in [0.4, 0.5) is 8.78 Å². The number of benzene rings is 1. The lowest BCUT2D eigenvalue weighted by molar-refractivity contribution is 0.161.